The largest absolute Gasteiger partial charge is 0.494 e. The summed E-state index contributed by atoms with van der Waals surface area (Å²) in [4.78, 5) is 12.0. The van der Waals surface area contributed by atoms with Crippen molar-refractivity contribution in [1.29, 1.82) is 0 Å². The number of benzene rings is 2. The summed E-state index contributed by atoms with van der Waals surface area (Å²) in [7, 11) is 1.32. The number of carbonyl (C=O) groups is 1. The van der Waals surface area contributed by atoms with Crippen LogP contribution in [-0.2, 0) is 0 Å². The minimum absolute atomic E-state index is 0.00791. The summed E-state index contributed by atoms with van der Waals surface area (Å²) in [6.45, 7) is 0. The van der Waals surface area contributed by atoms with E-state index in [4.69, 9.17) is 4.74 Å². The maximum Gasteiger partial charge on any atom is 0.255 e. The maximum absolute atomic E-state index is 13.3. The van der Waals surface area contributed by atoms with Gasteiger partial charge in [0, 0.05) is 9.13 Å². The molecule has 0 saturated heterocycles. The van der Waals surface area contributed by atoms with E-state index in [1.54, 1.807) is 0 Å². The van der Waals surface area contributed by atoms with Crippen LogP contribution in [0.4, 0.5) is 14.5 Å². The Bertz CT molecular complexity index is 662. The molecule has 104 valence electrons. The topological polar surface area (TPSA) is 38.3 Å². The Labute approximate surface area is 128 Å². The third-order valence-electron chi connectivity index (χ3n) is 2.59. The molecular weight excluding hydrogens is 379 g/mol. The molecule has 2 aromatic carbocycles. The number of ether oxygens (including phenoxy) is 1. The molecule has 1 amide bonds. The van der Waals surface area contributed by atoms with Gasteiger partial charge >= 0.3 is 0 Å². The fraction of sp³-hybridized carbons (Fsp3) is 0.0714. The SMILES string of the molecule is COc1cc(C(=O)Nc2ccc(F)cc2I)ccc1F. The quantitative estimate of drug-likeness (QED) is 0.811. The summed E-state index contributed by atoms with van der Waals surface area (Å²) in [5.41, 5.74) is 0.740. The molecule has 0 atom stereocenters. The minimum atomic E-state index is -0.541. The minimum Gasteiger partial charge on any atom is -0.494 e. The van der Waals surface area contributed by atoms with Crippen LogP contribution >= 0.6 is 22.6 Å². The summed E-state index contributed by atoms with van der Waals surface area (Å²) in [5.74, 6) is -1.35. The molecule has 0 aliphatic heterocycles. The van der Waals surface area contributed by atoms with E-state index in [0.717, 1.165) is 6.07 Å². The molecule has 20 heavy (non-hydrogen) atoms. The summed E-state index contributed by atoms with van der Waals surface area (Å²) < 4.78 is 31.6. The predicted molar refractivity (Wildman–Crippen MR) is 80.0 cm³/mol. The van der Waals surface area contributed by atoms with Gasteiger partial charge in [0.05, 0.1) is 12.8 Å². The lowest BCUT2D eigenvalue weighted by molar-refractivity contribution is 0.102. The average molecular weight is 389 g/mol. The molecule has 1 N–H and O–H groups in total. The van der Waals surface area contributed by atoms with Gasteiger partial charge in [-0.15, -0.1) is 0 Å². The van der Waals surface area contributed by atoms with Crippen LogP contribution in [0.1, 0.15) is 10.4 Å². The van der Waals surface area contributed by atoms with Gasteiger partial charge in [0.25, 0.3) is 5.91 Å². The van der Waals surface area contributed by atoms with Crippen LogP contribution in [0.5, 0.6) is 5.75 Å². The van der Waals surface area contributed by atoms with E-state index >= 15 is 0 Å². The molecule has 0 aliphatic rings. The van der Waals surface area contributed by atoms with Crippen molar-refractivity contribution in [2.45, 2.75) is 0 Å². The molecule has 0 radical (unpaired) electrons. The van der Waals surface area contributed by atoms with Gasteiger partial charge in [-0.05, 0) is 59.0 Å². The van der Waals surface area contributed by atoms with Gasteiger partial charge in [-0.3, -0.25) is 4.79 Å². The summed E-state index contributed by atoms with van der Waals surface area (Å²) >= 11 is 1.92. The van der Waals surface area contributed by atoms with Gasteiger partial charge in [0.2, 0.25) is 0 Å². The van der Waals surface area contributed by atoms with Gasteiger partial charge in [-0.25, -0.2) is 8.78 Å². The monoisotopic (exact) mass is 389 g/mol. The lowest BCUT2D eigenvalue weighted by Gasteiger charge is -2.09. The molecule has 0 bridgehead atoms. The van der Waals surface area contributed by atoms with Gasteiger partial charge in [0.15, 0.2) is 11.6 Å². The van der Waals surface area contributed by atoms with Crippen molar-refractivity contribution >= 4 is 34.2 Å². The molecule has 0 spiro atoms. The molecule has 3 nitrogen and oxygen atoms in total. The normalized spacial score (nSPS) is 10.2. The summed E-state index contributed by atoms with van der Waals surface area (Å²) in [5, 5.41) is 2.63. The third-order valence-corrected chi connectivity index (χ3v) is 3.49. The molecule has 0 saturated carbocycles. The maximum atomic E-state index is 13.3. The Hall–Kier alpha value is -1.70. The zero-order valence-electron chi connectivity index (χ0n) is 10.4. The van der Waals surface area contributed by atoms with E-state index in [-0.39, 0.29) is 17.1 Å². The van der Waals surface area contributed by atoms with Crippen molar-refractivity contribution in [3.63, 3.8) is 0 Å². The fourth-order valence-electron chi connectivity index (χ4n) is 1.59. The number of anilines is 1. The van der Waals surface area contributed by atoms with E-state index in [1.807, 2.05) is 22.6 Å². The number of halogens is 3. The van der Waals surface area contributed by atoms with Crippen molar-refractivity contribution in [1.82, 2.24) is 0 Å². The van der Waals surface area contributed by atoms with E-state index in [2.05, 4.69) is 5.32 Å². The van der Waals surface area contributed by atoms with Crippen LogP contribution < -0.4 is 10.1 Å². The standard InChI is InChI=1S/C14H10F2INO2/c1-20-13-6-8(2-4-10(13)16)14(19)18-12-5-3-9(15)7-11(12)17/h2-7H,1H3,(H,18,19). The number of nitrogens with one attached hydrogen (secondary N) is 1. The fourth-order valence-corrected chi connectivity index (χ4v) is 2.20. The Morgan fingerprint density at radius 3 is 2.60 bits per heavy atom. The molecule has 2 rings (SSSR count). The highest BCUT2D eigenvalue weighted by Crippen LogP contribution is 2.22. The van der Waals surface area contributed by atoms with E-state index < -0.39 is 11.7 Å². The number of hydrogen-bond acceptors (Lipinski definition) is 2. The first-order chi connectivity index (χ1) is 9.51. The van der Waals surface area contributed by atoms with Crippen molar-refractivity contribution in [2.75, 3.05) is 12.4 Å². The lowest BCUT2D eigenvalue weighted by Crippen LogP contribution is -2.13. The molecule has 0 heterocycles. The van der Waals surface area contributed by atoms with Crippen molar-refractivity contribution < 1.29 is 18.3 Å². The number of amides is 1. The van der Waals surface area contributed by atoms with Crippen LogP contribution in [0.3, 0.4) is 0 Å². The number of methoxy groups -OCH3 is 1. The number of hydrogen-bond donors (Lipinski definition) is 1. The van der Waals surface area contributed by atoms with E-state index in [9.17, 15) is 13.6 Å². The zero-order valence-corrected chi connectivity index (χ0v) is 12.6. The molecule has 0 aliphatic carbocycles. The molecule has 2 aromatic rings. The first-order valence-electron chi connectivity index (χ1n) is 5.61. The Morgan fingerprint density at radius 1 is 1.20 bits per heavy atom. The van der Waals surface area contributed by atoms with Gasteiger partial charge in [0.1, 0.15) is 5.82 Å². The molecule has 0 unspecified atom stereocenters. The van der Waals surface area contributed by atoms with Gasteiger partial charge in [-0.2, -0.15) is 0 Å². The average Bonchev–Trinajstić information content (AvgIpc) is 2.42. The Morgan fingerprint density at radius 2 is 1.95 bits per heavy atom. The van der Waals surface area contributed by atoms with E-state index in [1.165, 1.54) is 37.4 Å². The van der Waals surface area contributed by atoms with E-state index in [0.29, 0.717) is 9.26 Å². The first kappa shape index (κ1) is 14.7. The van der Waals surface area contributed by atoms with Crippen LogP contribution in [-0.4, -0.2) is 13.0 Å². The zero-order chi connectivity index (χ0) is 14.7. The lowest BCUT2D eigenvalue weighted by atomic mass is 10.2. The Kier molecular flexibility index (Phi) is 4.53. The second-order valence-corrected chi connectivity index (χ2v) is 5.09. The van der Waals surface area contributed by atoms with Crippen LogP contribution in [0.25, 0.3) is 0 Å². The van der Waals surface area contributed by atoms with Crippen molar-refractivity contribution in [3.05, 3.63) is 57.2 Å². The van der Waals surface area contributed by atoms with Crippen LogP contribution in [0, 0.1) is 15.2 Å². The summed E-state index contributed by atoms with van der Waals surface area (Å²) in [6, 6.07) is 7.84. The van der Waals surface area contributed by atoms with Crippen molar-refractivity contribution in [3.8, 4) is 5.75 Å². The number of rotatable bonds is 3. The second-order valence-electron chi connectivity index (χ2n) is 3.93. The van der Waals surface area contributed by atoms with Crippen LogP contribution in [0.15, 0.2) is 36.4 Å². The highest BCUT2D eigenvalue weighted by atomic mass is 127. The third kappa shape index (κ3) is 3.24. The molecular formula is C14H10F2INO2. The smallest absolute Gasteiger partial charge is 0.255 e. The molecule has 6 heteroatoms. The summed E-state index contributed by atoms with van der Waals surface area (Å²) in [6.07, 6.45) is 0. The second kappa shape index (κ2) is 6.17. The highest BCUT2D eigenvalue weighted by molar-refractivity contribution is 14.1. The Balaban J connectivity index is 2.24. The predicted octanol–water partition coefficient (Wildman–Crippen LogP) is 3.83. The number of carbonyl (C=O) groups excluding carboxylic acids is 1. The molecule has 0 aromatic heterocycles. The van der Waals surface area contributed by atoms with Crippen molar-refractivity contribution in [2.24, 2.45) is 0 Å². The van der Waals surface area contributed by atoms with Crippen LogP contribution in [0.2, 0.25) is 0 Å². The van der Waals surface area contributed by atoms with Gasteiger partial charge < -0.3 is 10.1 Å². The first-order valence-corrected chi connectivity index (χ1v) is 6.69. The highest BCUT2D eigenvalue weighted by Gasteiger charge is 2.12. The van der Waals surface area contributed by atoms with Gasteiger partial charge in [-0.1, -0.05) is 0 Å². The molecule has 0 fully saturated rings.